The van der Waals surface area contributed by atoms with Crippen LogP contribution >= 0.6 is 0 Å². The number of rotatable bonds is 14. The summed E-state index contributed by atoms with van der Waals surface area (Å²) in [5.41, 5.74) is 1.41. The van der Waals surface area contributed by atoms with Gasteiger partial charge in [-0.25, -0.2) is 8.42 Å². The van der Waals surface area contributed by atoms with Crippen LogP contribution < -0.4 is 9.47 Å². The van der Waals surface area contributed by atoms with Gasteiger partial charge in [-0.1, -0.05) is 82.7 Å². The van der Waals surface area contributed by atoms with Crippen LogP contribution in [0.2, 0.25) is 0 Å². The zero-order valence-electron chi connectivity index (χ0n) is 58.3. The third-order valence-corrected chi connectivity index (χ3v) is 24.4. The van der Waals surface area contributed by atoms with E-state index in [9.17, 15) is 13.5 Å². The summed E-state index contributed by atoms with van der Waals surface area (Å²) >= 11 is 0. The second kappa shape index (κ2) is 23.0. The van der Waals surface area contributed by atoms with E-state index in [4.69, 9.17) is 36.0 Å². The Hall–Kier alpha value is -12.5. The number of sulfone groups is 1. The lowest BCUT2D eigenvalue weighted by molar-refractivity contribution is -0.0435. The molecule has 0 aliphatic rings. The molecule has 1 N–H and O–H groups in total. The fourth-order valence-electron chi connectivity index (χ4n) is 18.0. The highest BCUT2D eigenvalue weighted by atomic mass is 32.2. The summed E-state index contributed by atoms with van der Waals surface area (Å²) in [6, 6.07) is 65.1. The minimum Gasteiger partial charge on any atom is -0.507 e. The van der Waals surface area contributed by atoms with Crippen LogP contribution in [0, 0.1) is 0 Å². The van der Waals surface area contributed by atoms with Gasteiger partial charge in [-0.3, -0.25) is 0 Å². The van der Waals surface area contributed by atoms with E-state index in [0.717, 1.165) is 180 Å². The predicted molar refractivity (Wildman–Crippen MR) is 430 cm³/mol. The molecule has 0 amide bonds. The van der Waals surface area contributed by atoms with Crippen LogP contribution in [-0.4, -0.2) is 32.2 Å². The lowest BCUT2D eigenvalue weighted by Crippen LogP contribution is -2.24. The number of hydrogen-bond donors (Lipinski definition) is 1. The van der Waals surface area contributed by atoms with Crippen LogP contribution in [-0.2, 0) is 9.84 Å². The molecule has 6 aromatic heterocycles. The molecule has 0 spiro atoms. The fraction of sp³-hybridized carbons (Fsp3) is 0.140. The Morgan fingerprint density at radius 1 is 0.306 bits per heavy atom. The topological polar surface area (TPSA) is 152 Å². The molecule has 0 fully saturated rings. The molecule has 0 aliphatic heterocycles. The van der Waals surface area contributed by atoms with Crippen molar-refractivity contribution in [3.05, 3.63) is 206 Å². The largest absolute Gasteiger partial charge is 0.507 e. The second-order valence-electron chi connectivity index (χ2n) is 28.9. The average Bonchev–Trinajstić information content (AvgIpc) is 1.61. The standard InChI is InChI=1S/C93H61F3O11S/c1-3-5-7-9-43-100-49-13-15-51-47(45-49)11-32-70-82(51)84-57-25-34-68-79(53(57)22-36-72(84)102-70)65-19-17-61-63(91(65)106-68)28-40-76-88(61)86-56-21-31-67(97)81(55(56)24-38-74(86)104-76)90-60-27-39-75-87(59(60)30-42-78(90)108(98,99)93(94,95)96)89-62-18-20-66-80-54-23-37-73-85(58(54)26-35-69(80)107-92(66)64(62)29-41-77(89)105-75)83-52-16-14-50(101-44-10-8-6-4-2)46-48(52)12-33-71(83)103-73/h11-42,45-46,97H,3-10,43-44H2,1-2H3. The van der Waals surface area contributed by atoms with E-state index in [-0.39, 0.29) is 21.9 Å². The molecule has 0 atom stereocenters. The van der Waals surface area contributed by atoms with Gasteiger partial charge in [0.25, 0.3) is 9.84 Å². The number of unbranched alkanes of at least 4 members (excludes halogenated alkanes) is 6. The maximum absolute atomic E-state index is 15.4. The van der Waals surface area contributed by atoms with Crippen molar-refractivity contribution in [3.63, 3.8) is 0 Å². The minimum atomic E-state index is -6.11. The van der Waals surface area contributed by atoms with E-state index in [1.165, 1.54) is 31.4 Å². The Kier molecular flexibility index (Phi) is 13.4. The molecule has 0 radical (unpaired) electrons. The minimum absolute atomic E-state index is 0.113. The number of hydrogen-bond acceptors (Lipinski definition) is 11. The van der Waals surface area contributed by atoms with Gasteiger partial charge in [0.05, 0.1) is 18.1 Å². The van der Waals surface area contributed by atoms with Crippen LogP contribution in [0.25, 0.3) is 229 Å². The van der Waals surface area contributed by atoms with Gasteiger partial charge in [-0.15, -0.1) is 0 Å². The van der Waals surface area contributed by atoms with Gasteiger partial charge in [0.1, 0.15) is 84.2 Å². The van der Waals surface area contributed by atoms with Crippen LogP contribution in [0.15, 0.2) is 238 Å². The monoisotopic (exact) mass is 1440 g/mol. The Morgan fingerprint density at radius 3 is 1.01 bits per heavy atom. The first-order valence-electron chi connectivity index (χ1n) is 36.9. The van der Waals surface area contributed by atoms with Crippen molar-refractivity contribution in [2.45, 2.75) is 75.6 Å². The maximum atomic E-state index is 15.4. The molecule has 6 heterocycles. The summed E-state index contributed by atoms with van der Waals surface area (Å²) in [5, 5.41) is 35.0. The summed E-state index contributed by atoms with van der Waals surface area (Å²) in [5.74, 6) is 1.23. The highest BCUT2D eigenvalue weighted by molar-refractivity contribution is 7.92. The third kappa shape index (κ3) is 8.87. The van der Waals surface area contributed by atoms with E-state index < -0.39 is 26.0 Å². The molecule has 0 saturated heterocycles. The van der Waals surface area contributed by atoms with Crippen LogP contribution in [0.5, 0.6) is 17.2 Å². The molecular weight excluding hydrogens is 1380 g/mol. The second-order valence-corrected chi connectivity index (χ2v) is 30.8. The van der Waals surface area contributed by atoms with Crippen LogP contribution in [0.1, 0.15) is 65.2 Å². The van der Waals surface area contributed by atoms with E-state index >= 15 is 13.2 Å². The number of alkyl halides is 3. The zero-order chi connectivity index (χ0) is 72.3. The van der Waals surface area contributed by atoms with Gasteiger partial charge >= 0.3 is 5.51 Å². The van der Waals surface area contributed by atoms with E-state index in [0.29, 0.717) is 90.2 Å². The summed E-state index contributed by atoms with van der Waals surface area (Å²) in [4.78, 5) is -1.02. The summed E-state index contributed by atoms with van der Waals surface area (Å²) in [7, 11) is -6.11. The van der Waals surface area contributed by atoms with Crippen molar-refractivity contribution in [3.8, 4) is 28.4 Å². The third-order valence-electron chi connectivity index (χ3n) is 22.9. The van der Waals surface area contributed by atoms with Gasteiger partial charge in [0.15, 0.2) is 0 Å². The van der Waals surface area contributed by atoms with E-state index in [2.05, 4.69) is 80.6 Å². The SMILES string of the molecule is CCCCCCOc1ccc2c(ccc3oc4ccc5c(ccc6oc7c8ccc9oc%10ccc%11c(-c%12c(S(=O)(=O)C(F)(F)F)ccc%13c%12ccc%12oc%14ccc%15c(ccc%16c%15oc%15ccc%17c(ccc%18oc%19ccc%20cc(OCCCCCC)ccc%20c%19c%18%17)c%15%16)c%14c%12%13)c(O)ccc%11c%10c9c8ccc7c65)c4c32)c1. The first-order chi connectivity index (χ1) is 52.8. The lowest BCUT2D eigenvalue weighted by Gasteiger charge is -2.18. The van der Waals surface area contributed by atoms with Gasteiger partial charge < -0.3 is 41.1 Å². The van der Waals surface area contributed by atoms with Gasteiger partial charge in [0.2, 0.25) is 0 Å². The number of halogens is 3. The molecule has 22 rings (SSSR count). The molecule has 11 nitrogen and oxygen atoms in total. The number of phenols is 1. The van der Waals surface area contributed by atoms with Crippen molar-refractivity contribution < 1.29 is 62.7 Å². The smallest absolute Gasteiger partial charge is 0.501 e. The number of fused-ring (bicyclic) bond motifs is 38. The van der Waals surface area contributed by atoms with Gasteiger partial charge in [0, 0.05) is 86.5 Å². The number of aromatic hydroxyl groups is 1. The van der Waals surface area contributed by atoms with Crippen molar-refractivity contribution >= 4 is 228 Å². The number of phenolic OH excluding ortho intramolecular Hbond substituents is 1. The lowest BCUT2D eigenvalue weighted by atomic mass is 9.89. The Bertz CT molecular complexity index is 7880. The molecule has 0 aliphatic carbocycles. The zero-order valence-corrected chi connectivity index (χ0v) is 59.1. The summed E-state index contributed by atoms with van der Waals surface area (Å²) < 4.78 is 128. The summed E-state index contributed by atoms with van der Waals surface area (Å²) in [6.45, 7) is 5.73. The quantitative estimate of drug-likeness (QED) is 0.104. The normalized spacial score (nSPS) is 13.0. The first kappa shape index (κ1) is 62.9. The Morgan fingerprint density at radius 2 is 0.602 bits per heavy atom. The number of benzene rings is 16. The fourth-order valence-corrected chi connectivity index (χ4v) is 19.0. The molecule has 108 heavy (non-hydrogen) atoms. The molecule has 16 aromatic carbocycles. The highest BCUT2D eigenvalue weighted by Gasteiger charge is 2.49. The number of ether oxygens (including phenoxy) is 2. The van der Waals surface area contributed by atoms with E-state index in [1.54, 1.807) is 30.3 Å². The molecule has 0 saturated carbocycles. The molecule has 0 unspecified atom stereocenters. The molecule has 526 valence electrons. The van der Waals surface area contributed by atoms with Gasteiger partial charge in [-0.05, 0) is 264 Å². The van der Waals surface area contributed by atoms with E-state index in [1.807, 2.05) is 91.0 Å². The molecule has 22 aromatic rings. The molecule has 15 heteroatoms. The highest BCUT2D eigenvalue weighted by Crippen LogP contribution is 2.54. The van der Waals surface area contributed by atoms with Gasteiger partial charge in [-0.2, -0.15) is 13.2 Å². The molecular formula is C93H61F3O11S. The number of furan rings is 6. The maximum Gasteiger partial charge on any atom is 0.501 e. The Balaban J connectivity index is 0.700. The van der Waals surface area contributed by atoms with Crippen LogP contribution in [0.3, 0.4) is 0 Å². The Labute approximate surface area is 610 Å². The van der Waals surface area contributed by atoms with Crippen molar-refractivity contribution in [1.29, 1.82) is 0 Å². The van der Waals surface area contributed by atoms with Crippen molar-refractivity contribution in [1.82, 2.24) is 0 Å². The average molecular weight is 1440 g/mol. The van der Waals surface area contributed by atoms with Crippen molar-refractivity contribution in [2.24, 2.45) is 0 Å². The summed E-state index contributed by atoms with van der Waals surface area (Å²) in [6.07, 6.45) is 8.98. The molecule has 0 bridgehead atoms. The van der Waals surface area contributed by atoms with Crippen molar-refractivity contribution in [2.75, 3.05) is 13.2 Å². The predicted octanol–water partition coefficient (Wildman–Crippen LogP) is 27.9. The van der Waals surface area contributed by atoms with Crippen LogP contribution in [0.4, 0.5) is 13.2 Å². The first-order valence-corrected chi connectivity index (χ1v) is 38.3.